The Kier molecular flexibility index (Phi) is 5.26. The Morgan fingerprint density at radius 3 is 2.56 bits per heavy atom. The number of β-amino-alcohol motifs (C(OH)–C–C–N with tert-alkyl or cyclic N) is 1. The van der Waals surface area contributed by atoms with Crippen molar-refractivity contribution >= 4 is 5.91 Å². The SMILES string of the molecule is C=CCC(CC=C)C(=O)N1CCCC(O)C1. The summed E-state index contributed by atoms with van der Waals surface area (Å²) < 4.78 is 0. The first-order chi connectivity index (χ1) is 7.69. The third-order valence-corrected chi connectivity index (χ3v) is 2.96. The summed E-state index contributed by atoms with van der Waals surface area (Å²) in [5.41, 5.74) is 0. The zero-order chi connectivity index (χ0) is 12.0. The Labute approximate surface area is 97.4 Å². The zero-order valence-electron chi connectivity index (χ0n) is 9.77. The van der Waals surface area contributed by atoms with Crippen LogP contribution >= 0.6 is 0 Å². The molecule has 0 aromatic carbocycles. The molecule has 0 aliphatic carbocycles. The normalized spacial score (nSPS) is 20.9. The van der Waals surface area contributed by atoms with E-state index >= 15 is 0 Å². The maximum absolute atomic E-state index is 12.1. The van der Waals surface area contributed by atoms with Gasteiger partial charge in [0.1, 0.15) is 0 Å². The number of aliphatic hydroxyl groups excluding tert-OH is 1. The van der Waals surface area contributed by atoms with Gasteiger partial charge in [0.15, 0.2) is 0 Å². The van der Waals surface area contributed by atoms with Crippen LogP contribution in [0.3, 0.4) is 0 Å². The summed E-state index contributed by atoms with van der Waals surface area (Å²) in [5.74, 6) is 0.0684. The van der Waals surface area contributed by atoms with Crippen molar-refractivity contribution in [1.82, 2.24) is 4.90 Å². The number of nitrogens with zero attached hydrogens (tertiary/aromatic N) is 1. The molecule has 3 nitrogen and oxygen atoms in total. The molecule has 1 N–H and O–H groups in total. The minimum absolute atomic E-state index is 0.0553. The van der Waals surface area contributed by atoms with Gasteiger partial charge in [-0.25, -0.2) is 0 Å². The molecule has 1 aliphatic heterocycles. The number of piperidine rings is 1. The summed E-state index contributed by atoms with van der Waals surface area (Å²) in [6.45, 7) is 8.58. The van der Waals surface area contributed by atoms with Gasteiger partial charge in [0.25, 0.3) is 0 Å². The van der Waals surface area contributed by atoms with E-state index in [4.69, 9.17) is 0 Å². The van der Waals surface area contributed by atoms with Crippen LogP contribution in [0.2, 0.25) is 0 Å². The van der Waals surface area contributed by atoms with Crippen LogP contribution in [0.15, 0.2) is 25.3 Å². The largest absolute Gasteiger partial charge is 0.391 e. The van der Waals surface area contributed by atoms with Crippen LogP contribution in [0.4, 0.5) is 0 Å². The second-order valence-corrected chi connectivity index (χ2v) is 4.33. The first kappa shape index (κ1) is 13.0. The fourth-order valence-electron chi connectivity index (χ4n) is 2.11. The van der Waals surface area contributed by atoms with Gasteiger partial charge in [0.2, 0.25) is 5.91 Å². The number of amides is 1. The van der Waals surface area contributed by atoms with E-state index in [0.29, 0.717) is 19.4 Å². The highest BCUT2D eigenvalue weighted by atomic mass is 16.3. The number of rotatable bonds is 5. The summed E-state index contributed by atoms with van der Waals surface area (Å²) in [4.78, 5) is 13.9. The van der Waals surface area contributed by atoms with Crippen LogP contribution in [-0.4, -0.2) is 35.1 Å². The molecule has 16 heavy (non-hydrogen) atoms. The molecule has 90 valence electrons. The summed E-state index contributed by atoms with van der Waals surface area (Å²) in [5, 5.41) is 9.54. The molecule has 0 aromatic rings. The third-order valence-electron chi connectivity index (χ3n) is 2.96. The van der Waals surface area contributed by atoms with E-state index in [-0.39, 0.29) is 17.9 Å². The van der Waals surface area contributed by atoms with E-state index < -0.39 is 0 Å². The average Bonchev–Trinajstić information content (AvgIpc) is 2.28. The lowest BCUT2D eigenvalue weighted by Gasteiger charge is -2.32. The number of likely N-dealkylation sites (tertiary alicyclic amines) is 1. The predicted molar refractivity (Wildman–Crippen MR) is 64.9 cm³/mol. The van der Waals surface area contributed by atoms with Crippen molar-refractivity contribution in [1.29, 1.82) is 0 Å². The summed E-state index contributed by atoms with van der Waals surface area (Å²) in [6, 6.07) is 0. The Morgan fingerprint density at radius 2 is 2.06 bits per heavy atom. The molecule has 1 saturated heterocycles. The molecule has 0 saturated carbocycles. The van der Waals surface area contributed by atoms with E-state index in [9.17, 15) is 9.90 Å². The maximum atomic E-state index is 12.1. The highest BCUT2D eigenvalue weighted by Gasteiger charge is 2.26. The summed E-state index contributed by atoms with van der Waals surface area (Å²) >= 11 is 0. The number of hydrogen-bond acceptors (Lipinski definition) is 2. The van der Waals surface area contributed by atoms with E-state index in [1.807, 2.05) is 0 Å². The van der Waals surface area contributed by atoms with Crippen molar-refractivity contribution in [2.75, 3.05) is 13.1 Å². The molecule has 1 atom stereocenters. The van der Waals surface area contributed by atoms with Crippen LogP contribution < -0.4 is 0 Å². The van der Waals surface area contributed by atoms with Crippen LogP contribution in [0.25, 0.3) is 0 Å². The van der Waals surface area contributed by atoms with Gasteiger partial charge in [-0.15, -0.1) is 13.2 Å². The van der Waals surface area contributed by atoms with Crippen LogP contribution in [-0.2, 0) is 4.79 Å². The molecule has 3 heteroatoms. The van der Waals surface area contributed by atoms with Crippen LogP contribution in [0, 0.1) is 5.92 Å². The van der Waals surface area contributed by atoms with Crippen molar-refractivity contribution in [3.63, 3.8) is 0 Å². The molecule has 0 aromatic heterocycles. The van der Waals surface area contributed by atoms with Crippen molar-refractivity contribution in [2.45, 2.75) is 31.8 Å². The Morgan fingerprint density at radius 1 is 1.44 bits per heavy atom. The molecular weight excluding hydrogens is 202 g/mol. The number of allylic oxidation sites excluding steroid dienone is 2. The standard InChI is InChI=1S/C13H21NO2/c1-3-6-11(7-4-2)13(16)14-9-5-8-12(15)10-14/h3-4,11-12,15H,1-2,5-10H2. The summed E-state index contributed by atoms with van der Waals surface area (Å²) in [7, 11) is 0. The molecule has 1 aliphatic rings. The average molecular weight is 223 g/mol. The second kappa shape index (κ2) is 6.48. The van der Waals surface area contributed by atoms with Crippen molar-refractivity contribution < 1.29 is 9.90 Å². The molecule has 1 heterocycles. The highest BCUT2D eigenvalue weighted by molar-refractivity contribution is 5.79. The van der Waals surface area contributed by atoms with Gasteiger partial charge in [0.05, 0.1) is 6.10 Å². The lowest BCUT2D eigenvalue weighted by Crippen LogP contribution is -2.44. The number of carbonyl (C=O) groups excluding carboxylic acids is 1. The first-order valence-electron chi connectivity index (χ1n) is 5.87. The van der Waals surface area contributed by atoms with Gasteiger partial charge in [-0.2, -0.15) is 0 Å². The molecular formula is C13H21NO2. The van der Waals surface area contributed by atoms with Gasteiger partial charge >= 0.3 is 0 Å². The molecule has 1 rings (SSSR count). The quantitative estimate of drug-likeness (QED) is 0.721. The minimum atomic E-state index is -0.356. The molecule has 0 spiro atoms. The Hall–Kier alpha value is -1.09. The maximum Gasteiger partial charge on any atom is 0.226 e. The lowest BCUT2D eigenvalue weighted by molar-refractivity contribution is -0.138. The lowest BCUT2D eigenvalue weighted by atomic mass is 9.98. The van der Waals surface area contributed by atoms with E-state index in [2.05, 4.69) is 13.2 Å². The molecule has 1 unspecified atom stereocenters. The fourth-order valence-corrected chi connectivity index (χ4v) is 2.11. The molecule has 1 fully saturated rings. The Bertz CT molecular complexity index is 253. The van der Waals surface area contributed by atoms with Gasteiger partial charge in [-0.3, -0.25) is 4.79 Å². The van der Waals surface area contributed by atoms with E-state index in [1.165, 1.54) is 0 Å². The minimum Gasteiger partial charge on any atom is -0.391 e. The van der Waals surface area contributed by atoms with E-state index in [1.54, 1.807) is 17.1 Å². The topological polar surface area (TPSA) is 40.5 Å². The van der Waals surface area contributed by atoms with Gasteiger partial charge in [-0.1, -0.05) is 12.2 Å². The first-order valence-corrected chi connectivity index (χ1v) is 5.87. The smallest absolute Gasteiger partial charge is 0.226 e. The zero-order valence-corrected chi connectivity index (χ0v) is 9.77. The number of carbonyl (C=O) groups is 1. The van der Waals surface area contributed by atoms with Crippen LogP contribution in [0.5, 0.6) is 0 Å². The van der Waals surface area contributed by atoms with E-state index in [0.717, 1.165) is 19.4 Å². The van der Waals surface area contributed by atoms with Gasteiger partial charge < -0.3 is 10.0 Å². The van der Waals surface area contributed by atoms with Gasteiger partial charge in [-0.05, 0) is 25.7 Å². The van der Waals surface area contributed by atoms with Crippen molar-refractivity contribution in [2.24, 2.45) is 5.92 Å². The molecule has 0 bridgehead atoms. The highest BCUT2D eigenvalue weighted by Crippen LogP contribution is 2.18. The fraction of sp³-hybridized carbons (Fsp3) is 0.615. The monoisotopic (exact) mass is 223 g/mol. The third kappa shape index (κ3) is 3.49. The number of hydrogen-bond donors (Lipinski definition) is 1. The predicted octanol–water partition coefficient (Wildman–Crippen LogP) is 1.74. The summed E-state index contributed by atoms with van der Waals surface area (Å²) in [6.07, 6.45) is 6.23. The van der Waals surface area contributed by atoms with Crippen molar-refractivity contribution in [3.05, 3.63) is 25.3 Å². The van der Waals surface area contributed by atoms with Crippen LogP contribution in [0.1, 0.15) is 25.7 Å². The van der Waals surface area contributed by atoms with Gasteiger partial charge in [0, 0.05) is 19.0 Å². The van der Waals surface area contributed by atoms with Crippen molar-refractivity contribution in [3.8, 4) is 0 Å². The molecule has 1 amide bonds. The second-order valence-electron chi connectivity index (χ2n) is 4.33. The molecule has 0 radical (unpaired) electrons. The number of aliphatic hydroxyl groups is 1. The Balaban J connectivity index is 2.57.